The molecular formula is C21H35IN6S2. The largest absolute Gasteiger partial charge is 0.356 e. The van der Waals surface area contributed by atoms with Gasteiger partial charge in [-0.05, 0) is 37.0 Å². The Morgan fingerprint density at radius 3 is 2.70 bits per heavy atom. The summed E-state index contributed by atoms with van der Waals surface area (Å²) in [5.74, 6) is 1.99. The minimum absolute atomic E-state index is 0. The van der Waals surface area contributed by atoms with Crippen molar-refractivity contribution in [3.8, 4) is 0 Å². The van der Waals surface area contributed by atoms with Gasteiger partial charge in [-0.1, -0.05) is 44.5 Å². The van der Waals surface area contributed by atoms with E-state index in [0.29, 0.717) is 6.04 Å². The third-order valence-electron chi connectivity index (χ3n) is 5.59. The number of guanidine groups is 1. The van der Waals surface area contributed by atoms with Crippen LogP contribution in [0.15, 0.2) is 27.7 Å². The van der Waals surface area contributed by atoms with E-state index in [0.717, 1.165) is 42.9 Å². The molecule has 2 aromatic rings. The van der Waals surface area contributed by atoms with Crippen molar-refractivity contribution >= 4 is 53.0 Å². The Morgan fingerprint density at radius 1 is 1.30 bits per heavy atom. The van der Waals surface area contributed by atoms with Gasteiger partial charge in [0.15, 0.2) is 11.1 Å². The molecule has 0 spiro atoms. The van der Waals surface area contributed by atoms with Gasteiger partial charge in [0, 0.05) is 42.9 Å². The highest BCUT2D eigenvalue weighted by atomic mass is 127. The fourth-order valence-electron chi connectivity index (χ4n) is 3.88. The number of nitrogens with zero attached hydrogens (tertiary/aromatic N) is 4. The van der Waals surface area contributed by atoms with E-state index in [-0.39, 0.29) is 29.4 Å². The molecule has 1 aliphatic carbocycles. The first kappa shape index (κ1) is 25.5. The Morgan fingerprint density at radius 2 is 2.07 bits per heavy atom. The van der Waals surface area contributed by atoms with E-state index in [2.05, 4.69) is 68.0 Å². The summed E-state index contributed by atoms with van der Waals surface area (Å²) < 4.78 is 2.40. The van der Waals surface area contributed by atoms with E-state index in [1.807, 2.05) is 7.05 Å². The number of thioether (sulfide) groups is 1. The average molecular weight is 563 g/mol. The zero-order chi connectivity index (χ0) is 20.7. The second-order valence-corrected chi connectivity index (χ2v) is 9.95. The van der Waals surface area contributed by atoms with Crippen molar-refractivity contribution in [3.05, 3.63) is 28.2 Å². The van der Waals surface area contributed by atoms with Crippen LogP contribution in [0.4, 0.5) is 0 Å². The maximum absolute atomic E-state index is 4.49. The molecule has 0 atom stereocenters. The van der Waals surface area contributed by atoms with Gasteiger partial charge in [0.25, 0.3) is 0 Å². The number of halogens is 1. The van der Waals surface area contributed by atoms with Gasteiger partial charge in [-0.25, -0.2) is 0 Å². The molecule has 168 valence electrons. The predicted molar refractivity (Wildman–Crippen MR) is 140 cm³/mol. The molecule has 6 nitrogen and oxygen atoms in total. The summed E-state index contributed by atoms with van der Waals surface area (Å²) >= 11 is 3.51. The van der Waals surface area contributed by atoms with Crippen molar-refractivity contribution in [3.63, 3.8) is 0 Å². The van der Waals surface area contributed by atoms with Gasteiger partial charge in [-0.15, -0.1) is 45.5 Å². The fraction of sp³-hybridized carbons (Fsp3) is 0.667. The maximum Gasteiger partial charge on any atom is 0.191 e. The van der Waals surface area contributed by atoms with Gasteiger partial charge >= 0.3 is 0 Å². The zero-order valence-electron chi connectivity index (χ0n) is 18.5. The first-order chi connectivity index (χ1) is 14.0. The van der Waals surface area contributed by atoms with Crippen molar-refractivity contribution in [2.45, 2.75) is 69.0 Å². The van der Waals surface area contributed by atoms with E-state index in [9.17, 15) is 0 Å². The molecule has 2 aromatic heterocycles. The lowest BCUT2D eigenvalue weighted by Gasteiger charge is -2.25. The summed E-state index contributed by atoms with van der Waals surface area (Å²) in [4.78, 5) is 5.76. The zero-order valence-corrected chi connectivity index (χ0v) is 22.4. The Balaban J connectivity index is 0.00000320. The van der Waals surface area contributed by atoms with Crippen molar-refractivity contribution in [1.82, 2.24) is 25.4 Å². The molecule has 1 aliphatic rings. The number of thiophene rings is 1. The van der Waals surface area contributed by atoms with Crippen molar-refractivity contribution < 1.29 is 0 Å². The molecule has 30 heavy (non-hydrogen) atoms. The Bertz CT molecular complexity index is 782. The smallest absolute Gasteiger partial charge is 0.191 e. The molecule has 2 N–H and O–H groups in total. The van der Waals surface area contributed by atoms with Crippen LogP contribution in [0.1, 0.15) is 62.7 Å². The van der Waals surface area contributed by atoms with E-state index < -0.39 is 0 Å². The number of hydrogen-bond donors (Lipinski definition) is 2. The minimum atomic E-state index is 0. The van der Waals surface area contributed by atoms with Crippen LogP contribution in [0, 0.1) is 0 Å². The number of rotatable bonds is 9. The van der Waals surface area contributed by atoms with Gasteiger partial charge in [0.05, 0.1) is 0 Å². The van der Waals surface area contributed by atoms with E-state index in [4.69, 9.17) is 0 Å². The lowest BCUT2D eigenvalue weighted by Crippen LogP contribution is -2.43. The molecule has 0 radical (unpaired) electrons. The standard InChI is InChI=1S/C21H34N6S2.HI/c1-21(2,17-11-8-14-29-17)15-24-19(22-3)23-13-7-12-18-25-26-20(28-4)27(18)16-9-5-6-10-16;/h8,11,14,16H,5-7,9-10,12-13,15H2,1-4H3,(H2,22,23,24);1H. The minimum Gasteiger partial charge on any atom is -0.356 e. The van der Waals surface area contributed by atoms with Crippen molar-refractivity contribution in [2.24, 2.45) is 4.99 Å². The third-order valence-corrected chi connectivity index (χ3v) is 7.47. The van der Waals surface area contributed by atoms with Crippen LogP contribution in [0.25, 0.3) is 0 Å². The fourth-order valence-corrected chi connectivity index (χ4v) is 5.30. The molecular weight excluding hydrogens is 527 g/mol. The molecule has 2 heterocycles. The summed E-state index contributed by atoms with van der Waals surface area (Å²) in [6.45, 7) is 6.24. The Hall–Kier alpha value is -0.810. The highest BCUT2D eigenvalue weighted by Gasteiger charge is 2.24. The Kier molecular flexibility index (Phi) is 10.4. The van der Waals surface area contributed by atoms with Crippen molar-refractivity contribution in [2.75, 3.05) is 26.4 Å². The third kappa shape index (κ3) is 6.59. The predicted octanol–water partition coefficient (Wildman–Crippen LogP) is 4.87. The van der Waals surface area contributed by atoms with E-state index in [1.54, 1.807) is 23.1 Å². The van der Waals surface area contributed by atoms with Crippen molar-refractivity contribution in [1.29, 1.82) is 0 Å². The van der Waals surface area contributed by atoms with E-state index >= 15 is 0 Å². The van der Waals surface area contributed by atoms with Gasteiger partial charge in [-0.3, -0.25) is 4.99 Å². The SMILES string of the molecule is CN=C(NCCCc1nnc(SC)n1C1CCCC1)NCC(C)(C)c1cccs1.I. The lowest BCUT2D eigenvalue weighted by molar-refractivity contribution is 0.460. The number of aromatic nitrogens is 3. The summed E-state index contributed by atoms with van der Waals surface area (Å²) in [5.41, 5.74) is 0.0811. The molecule has 0 unspecified atom stereocenters. The maximum atomic E-state index is 4.49. The number of aryl methyl sites for hydroxylation is 1. The lowest BCUT2D eigenvalue weighted by atomic mass is 9.91. The highest BCUT2D eigenvalue weighted by Crippen LogP contribution is 2.33. The number of hydrogen-bond acceptors (Lipinski definition) is 5. The molecule has 3 rings (SSSR count). The van der Waals surface area contributed by atoms with Crippen LogP contribution in [0.3, 0.4) is 0 Å². The van der Waals surface area contributed by atoms with Gasteiger partial charge in [0.2, 0.25) is 0 Å². The average Bonchev–Trinajstić information content (AvgIpc) is 3.48. The van der Waals surface area contributed by atoms with Crippen LogP contribution >= 0.6 is 47.1 Å². The summed E-state index contributed by atoms with van der Waals surface area (Å²) in [5, 5.41) is 19.0. The van der Waals surface area contributed by atoms with Gasteiger partial charge in [-0.2, -0.15) is 0 Å². The van der Waals surface area contributed by atoms with Crippen LogP contribution < -0.4 is 10.6 Å². The molecule has 9 heteroatoms. The quantitative estimate of drug-likeness (QED) is 0.150. The van der Waals surface area contributed by atoms with Gasteiger partial charge < -0.3 is 15.2 Å². The summed E-state index contributed by atoms with van der Waals surface area (Å²) in [6, 6.07) is 4.90. The monoisotopic (exact) mass is 562 g/mol. The van der Waals surface area contributed by atoms with Crippen LogP contribution in [0.5, 0.6) is 0 Å². The highest BCUT2D eigenvalue weighted by molar-refractivity contribution is 14.0. The molecule has 0 saturated heterocycles. The molecule has 0 aromatic carbocycles. The molecule has 1 saturated carbocycles. The number of aliphatic imine (C=N–C) groups is 1. The first-order valence-electron chi connectivity index (χ1n) is 10.5. The Labute approximate surface area is 206 Å². The molecule has 0 amide bonds. The molecule has 0 aliphatic heterocycles. The van der Waals surface area contributed by atoms with Crippen LogP contribution in [-0.2, 0) is 11.8 Å². The number of nitrogens with one attached hydrogen (secondary N) is 2. The topological polar surface area (TPSA) is 67.1 Å². The van der Waals surface area contributed by atoms with Crippen LogP contribution in [-0.4, -0.2) is 47.1 Å². The molecule has 1 fully saturated rings. The van der Waals surface area contributed by atoms with E-state index in [1.165, 1.54) is 30.6 Å². The second-order valence-electron chi connectivity index (χ2n) is 8.23. The first-order valence-corrected chi connectivity index (χ1v) is 12.6. The summed E-state index contributed by atoms with van der Waals surface area (Å²) in [6.07, 6.45) is 9.20. The second kappa shape index (κ2) is 12.3. The molecule has 0 bridgehead atoms. The van der Waals surface area contributed by atoms with Gasteiger partial charge in [0.1, 0.15) is 5.82 Å². The normalized spacial score (nSPS) is 15.3. The summed E-state index contributed by atoms with van der Waals surface area (Å²) in [7, 11) is 1.83. The van der Waals surface area contributed by atoms with Crippen LogP contribution in [0.2, 0.25) is 0 Å².